The Bertz CT molecular complexity index is 650. The minimum atomic E-state index is 0.459. The maximum Gasteiger partial charge on any atom is 0.225 e. The number of hydrogen-bond donors (Lipinski definition) is 0. The predicted octanol–water partition coefficient (Wildman–Crippen LogP) is 4.08. The van der Waals surface area contributed by atoms with Gasteiger partial charge in [0.25, 0.3) is 0 Å². The zero-order chi connectivity index (χ0) is 19.7. The lowest BCUT2D eigenvalue weighted by Gasteiger charge is -2.53. The molecule has 0 radical (unpaired) electrons. The van der Waals surface area contributed by atoms with Gasteiger partial charge in [-0.2, -0.15) is 0 Å². The molecule has 1 spiro atoms. The molecule has 2 aliphatic heterocycles. The van der Waals surface area contributed by atoms with Crippen molar-refractivity contribution in [2.45, 2.75) is 90.3 Å². The Morgan fingerprint density at radius 2 is 1.75 bits per heavy atom. The first-order valence-corrected chi connectivity index (χ1v) is 11.3. The van der Waals surface area contributed by atoms with Crippen LogP contribution >= 0.6 is 0 Å². The van der Waals surface area contributed by atoms with Crippen molar-refractivity contribution in [2.75, 3.05) is 18.0 Å². The highest BCUT2D eigenvalue weighted by molar-refractivity contribution is 5.81. The summed E-state index contributed by atoms with van der Waals surface area (Å²) in [7, 11) is 0. The quantitative estimate of drug-likeness (QED) is 0.783. The molecule has 4 fully saturated rings. The van der Waals surface area contributed by atoms with E-state index in [0.29, 0.717) is 35.2 Å². The van der Waals surface area contributed by atoms with E-state index in [1.54, 1.807) is 0 Å². The van der Waals surface area contributed by atoms with Crippen molar-refractivity contribution < 1.29 is 4.79 Å². The first-order chi connectivity index (χ1) is 13.5. The predicted molar refractivity (Wildman–Crippen MR) is 112 cm³/mol. The highest BCUT2D eigenvalue weighted by Gasteiger charge is 2.49. The van der Waals surface area contributed by atoms with Crippen LogP contribution in [-0.2, 0) is 4.79 Å². The second kappa shape index (κ2) is 8.10. The van der Waals surface area contributed by atoms with E-state index in [1.807, 2.05) is 25.4 Å². The van der Waals surface area contributed by atoms with Gasteiger partial charge in [-0.3, -0.25) is 9.69 Å². The topological polar surface area (TPSA) is 49.3 Å². The van der Waals surface area contributed by atoms with E-state index < -0.39 is 0 Å². The SMILES string of the molecule is CC(C)N1CC2CCC(C1)N2c1ncccn1.CCC(=O)C1CC2(CCC2)C1. The molecule has 2 saturated heterocycles. The van der Waals surface area contributed by atoms with Crippen LogP contribution in [0.2, 0.25) is 0 Å². The molecule has 4 aliphatic rings. The molecule has 1 aromatic rings. The van der Waals surface area contributed by atoms with Crippen LogP contribution in [0.4, 0.5) is 5.95 Å². The largest absolute Gasteiger partial charge is 0.332 e. The molecular formula is C23H36N4O. The standard InChI is InChI=1S/C13H20N4.C10H16O/c1-10(2)16-8-11-4-5-12(9-16)17(11)13-14-6-3-7-15-13;1-2-9(11)8-6-10(7-8)4-3-5-10/h3,6-7,10-12H,4-5,8-9H2,1-2H3;8H,2-7H2,1H3. The average molecular weight is 385 g/mol. The smallest absolute Gasteiger partial charge is 0.225 e. The van der Waals surface area contributed by atoms with Crippen molar-refractivity contribution in [3.8, 4) is 0 Å². The van der Waals surface area contributed by atoms with E-state index in [-0.39, 0.29) is 0 Å². The summed E-state index contributed by atoms with van der Waals surface area (Å²) in [6.45, 7) is 8.87. The van der Waals surface area contributed by atoms with Gasteiger partial charge in [0.1, 0.15) is 5.78 Å². The fraction of sp³-hybridized carbons (Fsp3) is 0.783. The lowest BCUT2D eigenvalue weighted by Crippen LogP contribution is -2.56. The second-order valence-electron chi connectivity index (χ2n) is 9.67. The van der Waals surface area contributed by atoms with Gasteiger partial charge >= 0.3 is 0 Å². The number of piperazine rings is 1. The van der Waals surface area contributed by atoms with Crippen molar-refractivity contribution in [1.82, 2.24) is 14.9 Å². The zero-order valence-corrected chi connectivity index (χ0v) is 17.8. The van der Waals surface area contributed by atoms with Crippen LogP contribution in [0.3, 0.4) is 0 Å². The summed E-state index contributed by atoms with van der Waals surface area (Å²) in [6, 6.07) is 3.75. The van der Waals surface area contributed by atoms with Crippen LogP contribution in [0.25, 0.3) is 0 Å². The van der Waals surface area contributed by atoms with Gasteiger partial charge in [-0.05, 0) is 63.9 Å². The first-order valence-electron chi connectivity index (χ1n) is 11.3. The number of carbonyl (C=O) groups excluding carboxylic acids is 1. The summed E-state index contributed by atoms with van der Waals surface area (Å²) in [6.07, 6.45) is 13.7. The van der Waals surface area contributed by atoms with Gasteiger partial charge in [0.15, 0.2) is 0 Å². The molecule has 2 aliphatic carbocycles. The Hall–Kier alpha value is -1.49. The lowest BCUT2D eigenvalue weighted by atomic mass is 9.51. The summed E-state index contributed by atoms with van der Waals surface area (Å²) in [5, 5.41) is 0. The van der Waals surface area contributed by atoms with E-state index in [4.69, 9.17) is 0 Å². The molecule has 5 heteroatoms. The van der Waals surface area contributed by atoms with Gasteiger partial charge in [-0.25, -0.2) is 9.97 Å². The molecule has 2 bridgehead atoms. The number of aromatic nitrogens is 2. The third-order valence-electron chi connectivity index (χ3n) is 7.60. The van der Waals surface area contributed by atoms with Gasteiger partial charge in [-0.15, -0.1) is 0 Å². The Labute approximate surface area is 169 Å². The Morgan fingerprint density at radius 3 is 2.21 bits per heavy atom. The van der Waals surface area contributed by atoms with Gasteiger partial charge < -0.3 is 4.90 Å². The number of hydrogen-bond acceptors (Lipinski definition) is 5. The molecular weight excluding hydrogens is 348 g/mol. The minimum Gasteiger partial charge on any atom is -0.332 e. The number of rotatable bonds is 4. The van der Waals surface area contributed by atoms with E-state index >= 15 is 0 Å². The van der Waals surface area contributed by atoms with Crippen molar-refractivity contribution in [3.05, 3.63) is 18.5 Å². The minimum absolute atomic E-state index is 0.459. The number of carbonyl (C=O) groups is 1. The van der Waals surface area contributed by atoms with Gasteiger partial charge in [0.2, 0.25) is 5.95 Å². The van der Waals surface area contributed by atoms with E-state index in [2.05, 4.69) is 33.6 Å². The number of ketones is 1. The lowest BCUT2D eigenvalue weighted by molar-refractivity contribution is -0.134. The molecule has 3 heterocycles. The van der Waals surface area contributed by atoms with E-state index in [9.17, 15) is 4.79 Å². The van der Waals surface area contributed by atoms with Crippen molar-refractivity contribution in [2.24, 2.45) is 11.3 Å². The van der Waals surface area contributed by atoms with Crippen LogP contribution in [0.15, 0.2) is 18.5 Å². The number of Topliss-reactive ketones (excluding diaryl/α,β-unsaturated/α-hetero) is 1. The summed E-state index contributed by atoms with van der Waals surface area (Å²) < 4.78 is 0. The molecule has 1 aromatic heterocycles. The van der Waals surface area contributed by atoms with Gasteiger partial charge in [0, 0.05) is 55.9 Å². The number of nitrogens with zero attached hydrogens (tertiary/aromatic N) is 4. The van der Waals surface area contributed by atoms with Crippen molar-refractivity contribution in [3.63, 3.8) is 0 Å². The molecule has 28 heavy (non-hydrogen) atoms. The molecule has 5 rings (SSSR count). The third-order valence-corrected chi connectivity index (χ3v) is 7.60. The van der Waals surface area contributed by atoms with Crippen LogP contribution in [0, 0.1) is 11.3 Å². The highest BCUT2D eigenvalue weighted by Crippen LogP contribution is 2.58. The van der Waals surface area contributed by atoms with E-state index in [0.717, 1.165) is 25.5 Å². The number of likely N-dealkylation sites (tertiary alicyclic amines) is 1. The summed E-state index contributed by atoms with van der Waals surface area (Å²) in [4.78, 5) is 25.1. The molecule has 0 aromatic carbocycles. The fourth-order valence-electron chi connectivity index (χ4n) is 5.70. The van der Waals surface area contributed by atoms with Gasteiger partial charge in [-0.1, -0.05) is 13.3 Å². The molecule has 2 unspecified atom stereocenters. The Kier molecular flexibility index (Phi) is 5.73. The average Bonchev–Trinajstić information content (AvgIpc) is 2.89. The summed E-state index contributed by atoms with van der Waals surface area (Å²) >= 11 is 0. The highest BCUT2D eigenvalue weighted by atomic mass is 16.1. The molecule has 5 nitrogen and oxygen atoms in total. The van der Waals surface area contributed by atoms with Crippen LogP contribution in [0.1, 0.15) is 72.1 Å². The molecule has 154 valence electrons. The Balaban J connectivity index is 0.000000151. The number of fused-ring (bicyclic) bond motifs is 2. The van der Waals surface area contributed by atoms with E-state index in [1.165, 1.54) is 44.9 Å². The third kappa shape index (κ3) is 3.83. The first kappa shape index (κ1) is 19.8. The zero-order valence-electron chi connectivity index (χ0n) is 17.8. The Morgan fingerprint density at radius 1 is 1.14 bits per heavy atom. The summed E-state index contributed by atoms with van der Waals surface area (Å²) in [5.74, 6) is 1.88. The molecule has 2 saturated carbocycles. The maximum absolute atomic E-state index is 11.2. The van der Waals surface area contributed by atoms with Crippen LogP contribution in [0.5, 0.6) is 0 Å². The summed E-state index contributed by atoms with van der Waals surface area (Å²) in [5.41, 5.74) is 0.676. The molecule has 0 N–H and O–H groups in total. The number of anilines is 1. The van der Waals surface area contributed by atoms with Crippen LogP contribution in [-0.4, -0.2) is 51.9 Å². The fourth-order valence-corrected chi connectivity index (χ4v) is 5.70. The van der Waals surface area contributed by atoms with Crippen molar-refractivity contribution >= 4 is 11.7 Å². The molecule has 2 atom stereocenters. The second-order valence-corrected chi connectivity index (χ2v) is 9.67. The maximum atomic E-state index is 11.2. The van der Waals surface area contributed by atoms with Crippen LogP contribution < -0.4 is 4.90 Å². The normalized spacial score (nSPS) is 28.5. The van der Waals surface area contributed by atoms with Crippen molar-refractivity contribution in [1.29, 1.82) is 0 Å². The monoisotopic (exact) mass is 384 g/mol. The van der Waals surface area contributed by atoms with Gasteiger partial charge in [0.05, 0.1) is 0 Å². The molecule has 0 amide bonds.